The molecule has 2 heterocycles. The van der Waals surface area contributed by atoms with Gasteiger partial charge < -0.3 is 20.0 Å². The molecular weight excluding hydrogens is 218 g/mol. The van der Waals surface area contributed by atoms with Crippen LogP contribution >= 0.6 is 0 Å². The number of H-pyrrole nitrogens is 1. The van der Waals surface area contributed by atoms with Gasteiger partial charge in [0, 0.05) is 28.7 Å². The van der Waals surface area contributed by atoms with Gasteiger partial charge in [0.2, 0.25) is 0 Å². The van der Waals surface area contributed by atoms with Crippen molar-refractivity contribution in [1.82, 2.24) is 10.1 Å². The summed E-state index contributed by atoms with van der Waals surface area (Å²) in [5.41, 5.74) is 7.39. The van der Waals surface area contributed by atoms with Crippen molar-refractivity contribution in [3.63, 3.8) is 0 Å². The fourth-order valence-corrected chi connectivity index (χ4v) is 1.87. The first-order valence-electron chi connectivity index (χ1n) is 5.15. The van der Waals surface area contributed by atoms with Crippen LogP contribution in [0, 0.1) is 0 Å². The van der Waals surface area contributed by atoms with Crippen LogP contribution in [-0.2, 0) is 0 Å². The van der Waals surface area contributed by atoms with Gasteiger partial charge in [0.15, 0.2) is 11.6 Å². The van der Waals surface area contributed by atoms with Gasteiger partial charge in [0.25, 0.3) is 0 Å². The Kier molecular flexibility index (Phi) is 2.04. The zero-order valence-corrected chi connectivity index (χ0v) is 9.23. The van der Waals surface area contributed by atoms with Gasteiger partial charge in [-0.2, -0.15) is 0 Å². The van der Waals surface area contributed by atoms with Crippen LogP contribution < -0.4 is 10.5 Å². The van der Waals surface area contributed by atoms with Gasteiger partial charge in [-0.3, -0.25) is 0 Å². The Bertz CT molecular complexity index is 669. The summed E-state index contributed by atoms with van der Waals surface area (Å²) in [6.45, 7) is 0. The molecule has 1 aromatic carbocycles. The molecule has 0 saturated carbocycles. The number of aromatic amines is 1. The number of hydrogen-bond donors (Lipinski definition) is 2. The van der Waals surface area contributed by atoms with E-state index in [2.05, 4.69) is 10.1 Å². The number of nitrogens with two attached hydrogens (primary N) is 1. The highest BCUT2D eigenvalue weighted by Gasteiger charge is 2.10. The highest BCUT2D eigenvalue weighted by molar-refractivity contribution is 5.90. The summed E-state index contributed by atoms with van der Waals surface area (Å²) in [5.74, 6) is 1.77. The molecule has 86 valence electrons. The standard InChI is InChI=1S/C12H11N3O2/c1-16-11-5-7(10-6-12(13)15-17-10)4-9-8(11)2-3-14-9/h2-6,14H,1H3,(H2,13,15). The van der Waals surface area contributed by atoms with E-state index in [-0.39, 0.29) is 0 Å². The van der Waals surface area contributed by atoms with E-state index in [4.69, 9.17) is 15.0 Å². The SMILES string of the molecule is COc1cc(-c2cc(N)no2)cc2[nH]ccc12. The van der Waals surface area contributed by atoms with E-state index in [1.807, 2.05) is 24.4 Å². The van der Waals surface area contributed by atoms with Crippen LogP contribution in [0.5, 0.6) is 5.75 Å². The molecule has 0 atom stereocenters. The number of fused-ring (bicyclic) bond motifs is 1. The summed E-state index contributed by atoms with van der Waals surface area (Å²) in [5, 5.41) is 4.70. The monoisotopic (exact) mass is 229 g/mol. The lowest BCUT2D eigenvalue weighted by atomic mass is 10.1. The first kappa shape index (κ1) is 9.77. The highest BCUT2D eigenvalue weighted by atomic mass is 16.5. The van der Waals surface area contributed by atoms with Crippen LogP contribution in [0.25, 0.3) is 22.2 Å². The van der Waals surface area contributed by atoms with E-state index in [1.165, 1.54) is 0 Å². The number of nitrogen functional groups attached to an aromatic ring is 1. The molecule has 3 aromatic rings. The first-order chi connectivity index (χ1) is 8.28. The molecule has 0 aliphatic carbocycles. The van der Waals surface area contributed by atoms with Gasteiger partial charge in [0.05, 0.1) is 7.11 Å². The number of hydrogen-bond acceptors (Lipinski definition) is 4. The van der Waals surface area contributed by atoms with E-state index in [0.717, 1.165) is 22.2 Å². The largest absolute Gasteiger partial charge is 0.496 e. The minimum Gasteiger partial charge on any atom is -0.496 e. The minimum atomic E-state index is 0.366. The molecular formula is C12H11N3O2. The van der Waals surface area contributed by atoms with Crippen molar-refractivity contribution in [1.29, 1.82) is 0 Å². The van der Waals surface area contributed by atoms with Crippen molar-refractivity contribution in [2.24, 2.45) is 0 Å². The minimum absolute atomic E-state index is 0.366. The number of nitrogens with one attached hydrogen (secondary N) is 1. The predicted octanol–water partition coefficient (Wildman–Crippen LogP) is 2.41. The molecule has 5 heteroatoms. The third-order valence-corrected chi connectivity index (χ3v) is 2.66. The third kappa shape index (κ3) is 1.52. The molecule has 0 aliphatic rings. The van der Waals surface area contributed by atoms with Gasteiger partial charge in [-0.05, 0) is 18.2 Å². The lowest BCUT2D eigenvalue weighted by molar-refractivity contribution is 0.418. The lowest BCUT2D eigenvalue weighted by Crippen LogP contribution is -1.85. The summed E-state index contributed by atoms with van der Waals surface area (Å²) in [6.07, 6.45) is 1.87. The molecule has 0 aliphatic heterocycles. The Morgan fingerprint density at radius 1 is 1.35 bits per heavy atom. The molecule has 0 saturated heterocycles. The van der Waals surface area contributed by atoms with Crippen molar-refractivity contribution < 1.29 is 9.26 Å². The first-order valence-corrected chi connectivity index (χ1v) is 5.15. The van der Waals surface area contributed by atoms with Crippen LogP contribution in [0.3, 0.4) is 0 Å². The normalized spacial score (nSPS) is 10.9. The Balaban J connectivity index is 2.23. The lowest BCUT2D eigenvalue weighted by Gasteiger charge is -2.04. The van der Waals surface area contributed by atoms with Crippen LogP contribution in [-0.4, -0.2) is 17.3 Å². The Hall–Kier alpha value is -2.43. The molecule has 5 nitrogen and oxygen atoms in total. The Morgan fingerprint density at radius 3 is 2.94 bits per heavy atom. The summed E-state index contributed by atoms with van der Waals surface area (Å²) in [4.78, 5) is 3.14. The molecule has 0 radical (unpaired) electrons. The Labute approximate surface area is 97.2 Å². The fourth-order valence-electron chi connectivity index (χ4n) is 1.87. The van der Waals surface area contributed by atoms with Crippen LogP contribution in [0.1, 0.15) is 0 Å². The maximum absolute atomic E-state index is 5.54. The van der Waals surface area contributed by atoms with E-state index in [1.54, 1.807) is 13.2 Å². The van der Waals surface area contributed by atoms with Crippen molar-refractivity contribution in [2.75, 3.05) is 12.8 Å². The third-order valence-electron chi connectivity index (χ3n) is 2.66. The maximum Gasteiger partial charge on any atom is 0.169 e. The second-order valence-corrected chi connectivity index (χ2v) is 3.73. The molecule has 17 heavy (non-hydrogen) atoms. The zero-order valence-electron chi connectivity index (χ0n) is 9.23. The number of rotatable bonds is 2. The second kappa shape index (κ2) is 3.55. The second-order valence-electron chi connectivity index (χ2n) is 3.73. The number of benzene rings is 1. The van der Waals surface area contributed by atoms with Gasteiger partial charge in [-0.1, -0.05) is 5.16 Å². The van der Waals surface area contributed by atoms with Crippen LogP contribution in [0.15, 0.2) is 35.0 Å². The smallest absolute Gasteiger partial charge is 0.169 e. The quantitative estimate of drug-likeness (QED) is 0.707. The van der Waals surface area contributed by atoms with Crippen LogP contribution in [0.4, 0.5) is 5.82 Å². The topological polar surface area (TPSA) is 77.1 Å². The Morgan fingerprint density at radius 2 is 2.24 bits per heavy atom. The van der Waals surface area contributed by atoms with E-state index < -0.39 is 0 Å². The molecule has 2 aromatic heterocycles. The summed E-state index contributed by atoms with van der Waals surface area (Å²) in [6, 6.07) is 7.52. The van der Waals surface area contributed by atoms with Crippen molar-refractivity contribution in [3.05, 3.63) is 30.5 Å². The molecule has 0 unspecified atom stereocenters. The maximum atomic E-state index is 5.54. The average molecular weight is 229 g/mol. The molecule has 0 bridgehead atoms. The molecule has 0 spiro atoms. The zero-order chi connectivity index (χ0) is 11.8. The van der Waals surface area contributed by atoms with E-state index >= 15 is 0 Å². The van der Waals surface area contributed by atoms with Gasteiger partial charge in [-0.15, -0.1) is 0 Å². The molecule has 3 N–H and O–H groups in total. The predicted molar refractivity (Wildman–Crippen MR) is 64.8 cm³/mol. The van der Waals surface area contributed by atoms with Gasteiger partial charge >= 0.3 is 0 Å². The number of anilines is 1. The van der Waals surface area contributed by atoms with Gasteiger partial charge in [0.1, 0.15) is 5.75 Å². The van der Waals surface area contributed by atoms with Crippen molar-refractivity contribution in [3.8, 4) is 17.1 Å². The number of methoxy groups -OCH3 is 1. The van der Waals surface area contributed by atoms with Crippen molar-refractivity contribution in [2.45, 2.75) is 0 Å². The number of ether oxygens (including phenoxy) is 1. The molecule has 0 fully saturated rings. The highest BCUT2D eigenvalue weighted by Crippen LogP contribution is 2.32. The average Bonchev–Trinajstić information content (AvgIpc) is 2.95. The molecule has 0 amide bonds. The summed E-state index contributed by atoms with van der Waals surface area (Å²) in [7, 11) is 1.64. The summed E-state index contributed by atoms with van der Waals surface area (Å²) < 4.78 is 10.5. The number of nitrogens with zero attached hydrogens (tertiary/aromatic N) is 1. The van der Waals surface area contributed by atoms with Crippen LogP contribution in [0.2, 0.25) is 0 Å². The fraction of sp³-hybridized carbons (Fsp3) is 0.0833. The molecule has 3 rings (SSSR count). The number of aromatic nitrogens is 2. The summed E-state index contributed by atoms with van der Waals surface area (Å²) >= 11 is 0. The van der Waals surface area contributed by atoms with E-state index in [9.17, 15) is 0 Å². The van der Waals surface area contributed by atoms with E-state index in [0.29, 0.717) is 11.6 Å². The van der Waals surface area contributed by atoms with Gasteiger partial charge in [-0.25, -0.2) is 0 Å². The van der Waals surface area contributed by atoms with Crippen molar-refractivity contribution >= 4 is 16.7 Å².